The molecule has 0 unspecified atom stereocenters. The zero-order chi connectivity index (χ0) is 24.5. The third-order valence-electron chi connectivity index (χ3n) is 6.24. The molecular formula is C32H32ClNO. The Bertz CT molecular complexity index is 1210. The zero-order valence-electron chi connectivity index (χ0n) is 20.5. The molecule has 0 aliphatic rings. The molecule has 35 heavy (non-hydrogen) atoms. The van der Waals surface area contributed by atoms with Crippen molar-refractivity contribution >= 4 is 22.2 Å². The van der Waals surface area contributed by atoms with Crippen LogP contribution in [0.3, 0.4) is 0 Å². The number of rotatable bonds is 10. The first-order valence-electron chi connectivity index (χ1n) is 12.3. The predicted octanol–water partition coefficient (Wildman–Crippen LogP) is 8.23. The molecule has 0 saturated carbocycles. The summed E-state index contributed by atoms with van der Waals surface area (Å²) in [6.45, 7) is 8.03. The van der Waals surface area contributed by atoms with Gasteiger partial charge in [0.1, 0.15) is 12.4 Å². The van der Waals surface area contributed by atoms with Gasteiger partial charge < -0.3 is 9.64 Å². The van der Waals surface area contributed by atoms with E-state index in [-0.39, 0.29) is 0 Å². The first-order valence-corrected chi connectivity index (χ1v) is 12.6. The number of hydrogen-bond donors (Lipinski definition) is 0. The van der Waals surface area contributed by atoms with Gasteiger partial charge in [-0.15, -0.1) is 0 Å². The number of likely N-dealkylation sites (N-methyl/N-ethyl adjacent to an activating group) is 1. The Hall–Kier alpha value is -3.33. The fraction of sp³-hybridized carbons (Fsp3) is 0.188. The van der Waals surface area contributed by atoms with E-state index in [0.29, 0.717) is 6.61 Å². The minimum absolute atomic E-state index is 0.678. The van der Waals surface area contributed by atoms with Gasteiger partial charge in [-0.05, 0) is 53.0 Å². The van der Waals surface area contributed by atoms with Crippen LogP contribution in [0.4, 0.5) is 0 Å². The fourth-order valence-corrected chi connectivity index (χ4v) is 4.50. The summed E-state index contributed by atoms with van der Waals surface area (Å²) in [7, 11) is 0. The van der Waals surface area contributed by atoms with Crippen molar-refractivity contribution in [2.24, 2.45) is 0 Å². The van der Waals surface area contributed by atoms with Crippen LogP contribution in [0, 0.1) is 0 Å². The van der Waals surface area contributed by atoms with Crippen molar-refractivity contribution < 1.29 is 4.74 Å². The Labute approximate surface area is 214 Å². The van der Waals surface area contributed by atoms with Crippen LogP contribution in [0.15, 0.2) is 109 Å². The lowest BCUT2D eigenvalue weighted by atomic mass is 9.94. The fourth-order valence-electron chi connectivity index (χ4n) is 4.16. The monoisotopic (exact) mass is 481 g/mol. The van der Waals surface area contributed by atoms with E-state index in [1.165, 1.54) is 11.1 Å². The largest absolute Gasteiger partial charge is 0.492 e. The van der Waals surface area contributed by atoms with E-state index in [1.807, 2.05) is 36.4 Å². The highest BCUT2D eigenvalue weighted by Gasteiger charge is 2.13. The van der Waals surface area contributed by atoms with Crippen LogP contribution in [0.1, 0.15) is 30.5 Å². The average molecular weight is 482 g/mol. The van der Waals surface area contributed by atoms with Crippen molar-refractivity contribution in [2.45, 2.75) is 13.8 Å². The van der Waals surface area contributed by atoms with Crippen LogP contribution in [-0.2, 0) is 0 Å². The maximum absolute atomic E-state index is 7.07. The van der Waals surface area contributed by atoms with Gasteiger partial charge in [-0.1, -0.05) is 123 Å². The lowest BCUT2D eigenvalue weighted by molar-refractivity contribution is 0.223. The SMILES string of the molecule is CCN(CC)CCOc1ccc(/C(=C(/Cl)c2ccc(-c3ccccc3)cc2)c2ccccc2)cc1. The van der Waals surface area contributed by atoms with Crippen LogP contribution in [0.5, 0.6) is 5.75 Å². The second-order valence-corrected chi connectivity index (χ2v) is 8.78. The van der Waals surface area contributed by atoms with E-state index < -0.39 is 0 Å². The summed E-state index contributed by atoms with van der Waals surface area (Å²) >= 11 is 7.07. The van der Waals surface area contributed by atoms with Crippen molar-refractivity contribution in [1.29, 1.82) is 0 Å². The molecule has 4 aromatic carbocycles. The molecule has 2 nitrogen and oxygen atoms in total. The van der Waals surface area contributed by atoms with Crippen molar-refractivity contribution in [3.05, 3.63) is 126 Å². The third kappa shape index (κ3) is 6.42. The van der Waals surface area contributed by atoms with Gasteiger partial charge in [0.2, 0.25) is 0 Å². The Morgan fingerprint density at radius 3 is 1.74 bits per heavy atom. The molecule has 0 heterocycles. The Balaban J connectivity index is 1.61. The summed E-state index contributed by atoms with van der Waals surface area (Å²) in [6.07, 6.45) is 0. The lowest BCUT2D eigenvalue weighted by Gasteiger charge is -2.18. The molecule has 0 aromatic heterocycles. The van der Waals surface area contributed by atoms with Gasteiger partial charge in [-0.25, -0.2) is 0 Å². The number of ether oxygens (including phenoxy) is 1. The van der Waals surface area contributed by atoms with Gasteiger partial charge in [0.25, 0.3) is 0 Å². The van der Waals surface area contributed by atoms with Gasteiger partial charge in [-0.2, -0.15) is 0 Å². The molecule has 0 aliphatic carbocycles. The molecule has 0 amide bonds. The lowest BCUT2D eigenvalue weighted by Crippen LogP contribution is -2.27. The van der Waals surface area contributed by atoms with Gasteiger partial charge in [0.15, 0.2) is 0 Å². The molecule has 0 bridgehead atoms. The Morgan fingerprint density at radius 2 is 1.14 bits per heavy atom. The number of benzene rings is 4. The van der Waals surface area contributed by atoms with Gasteiger partial charge in [-0.3, -0.25) is 0 Å². The number of nitrogens with zero attached hydrogens (tertiary/aromatic N) is 1. The zero-order valence-corrected chi connectivity index (χ0v) is 21.2. The van der Waals surface area contributed by atoms with E-state index >= 15 is 0 Å². The Morgan fingerprint density at radius 1 is 0.629 bits per heavy atom. The first-order chi connectivity index (χ1) is 17.2. The minimum atomic E-state index is 0.678. The molecule has 0 fully saturated rings. The summed E-state index contributed by atoms with van der Waals surface area (Å²) < 4.78 is 5.99. The quantitative estimate of drug-likeness (QED) is 0.211. The van der Waals surface area contributed by atoms with Crippen LogP contribution in [-0.4, -0.2) is 31.1 Å². The Kier molecular flexibility index (Phi) is 8.78. The molecule has 0 aliphatic heterocycles. The van der Waals surface area contributed by atoms with E-state index in [2.05, 4.69) is 91.5 Å². The molecule has 4 aromatic rings. The van der Waals surface area contributed by atoms with Crippen LogP contribution >= 0.6 is 11.6 Å². The second kappa shape index (κ2) is 12.4. The molecule has 0 N–H and O–H groups in total. The van der Waals surface area contributed by atoms with Crippen molar-refractivity contribution in [1.82, 2.24) is 4.90 Å². The maximum atomic E-state index is 7.07. The molecule has 0 radical (unpaired) electrons. The standard InChI is InChI=1S/C32H32ClNO/c1-3-34(4-2)23-24-35-30-21-19-28(20-22-30)31(27-13-9-6-10-14-27)32(33)29-17-15-26(16-18-29)25-11-7-5-8-12-25/h5-22H,3-4,23-24H2,1-2H3/b32-31+. The normalized spacial score (nSPS) is 11.9. The molecular weight excluding hydrogens is 450 g/mol. The highest BCUT2D eigenvalue weighted by molar-refractivity contribution is 6.53. The number of hydrogen-bond acceptors (Lipinski definition) is 2. The summed E-state index contributed by atoms with van der Waals surface area (Å²) in [5.41, 5.74) is 6.51. The highest BCUT2D eigenvalue weighted by atomic mass is 35.5. The molecule has 3 heteroatoms. The first kappa shape index (κ1) is 24.8. The third-order valence-corrected chi connectivity index (χ3v) is 6.65. The topological polar surface area (TPSA) is 12.5 Å². The second-order valence-electron chi connectivity index (χ2n) is 8.40. The van der Waals surface area contributed by atoms with Gasteiger partial charge >= 0.3 is 0 Å². The van der Waals surface area contributed by atoms with Crippen molar-refractivity contribution in [3.8, 4) is 16.9 Å². The van der Waals surface area contributed by atoms with Crippen molar-refractivity contribution in [3.63, 3.8) is 0 Å². The smallest absolute Gasteiger partial charge is 0.119 e. The highest BCUT2D eigenvalue weighted by Crippen LogP contribution is 2.36. The van der Waals surface area contributed by atoms with E-state index in [4.69, 9.17) is 16.3 Å². The van der Waals surface area contributed by atoms with Crippen LogP contribution in [0.25, 0.3) is 21.7 Å². The molecule has 0 atom stereocenters. The predicted molar refractivity (Wildman–Crippen MR) is 150 cm³/mol. The van der Waals surface area contributed by atoms with Gasteiger partial charge in [0, 0.05) is 12.1 Å². The average Bonchev–Trinajstić information content (AvgIpc) is 2.93. The van der Waals surface area contributed by atoms with Gasteiger partial charge in [0.05, 0.1) is 5.03 Å². The summed E-state index contributed by atoms with van der Waals surface area (Å²) in [4.78, 5) is 2.35. The van der Waals surface area contributed by atoms with E-state index in [0.717, 1.165) is 52.7 Å². The van der Waals surface area contributed by atoms with Crippen molar-refractivity contribution in [2.75, 3.05) is 26.2 Å². The minimum Gasteiger partial charge on any atom is -0.492 e. The molecule has 0 saturated heterocycles. The van der Waals surface area contributed by atoms with E-state index in [9.17, 15) is 0 Å². The maximum Gasteiger partial charge on any atom is 0.119 e. The number of halogens is 1. The van der Waals surface area contributed by atoms with Crippen LogP contribution < -0.4 is 4.74 Å². The summed E-state index contributed by atoms with van der Waals surface area (Å²) in [6, 6.07) is 37.4. The van der Waals surface area contributed by atoms with Crippen LogP contribution in [0.2, 0.25) is 0 Å². The van der Waals surface area contributed by atoms with E-state index in [1.54, 1.807) is 0 Å². The molecule has 178 valence electrons. The molecule has 0 spiro atoms. The molecule has 4 rings (SSSR count). The summed E-state index contributed by atoms with van der Waals surface area (Å²) in [5.74, 6) is 0.872. The summed E-state index contributed by atoms with van der Waals surface area (Å²) in [5, 5.41) is 0.728.